The van der Waals surface area contributed by atoms with Gasteiger partial charge in [0.15, 0.2) is 0 Å². The van der Waals surface area contributed by atoms with Crippen LogP contribution in [0.5, 0.6) is 0 Å². The summed E-state index contributed by atoms with van der Waals surface area (Å²) in [6.07, 6.45) is 2.11. The molecule has 1 unspecified atom stereocenters. The van der Waals surface area contributed by atoms with Gasteiger partial charge in [-0.25, -0.2) is 8.78 Å². The molecule has 2 aromatic rings. The number of benzene rings is 1. The molecule has 0 bridgehead atoms. The number of hydrogen-bond donors (Lipinski definition) is 1. The minimum absolute atomic E-state index is 0.0492. The van der Waals surface area contributed by atoms with Crippen LogP contribution in [0.4, 0.5) is 8.78 Å². The normalized spacial score (nSPS) is 12.7. The first-order chi connectivity index (χ1) is 9.02. The summed E-state index contributed by atoms with van der Waals surface area (Å²) in [6, 6.07) is 2.24. The minimum Gasteiger partial charge on any atom is -0.312 e. The van der Waals surface area contributed by atoms with Gasteiger partial charge in [-0.15, -0.1) is 5.10 Å². The van der Waals surface area contributed by atoms with E-state index < -0.39 is 17.7 Å². The predicted molar refractivity (Wildman–Crippen MR) is 67.6 cm³/mol. The number of likely N-dealkylation sites (N-methyl/N-ethyl adjacent to an activating group) is 1. The molecule has 102 valence electrons. The van der Waals surface area contributed by atoms with Crippen molar-refractivity contribution in [1.82, 2.24) is 20.3 Å². The summed E-state index contributed by atoms with van der Waals surface area (Å²) in [5.74, 6) is -1.06. The maximum absolute atomic E-state index is 14.1. The van der Waals surface area contributed by atoms with Crippen molar-refractivity contribution in [3.8, 4) is 0 Å². The van der Waals surface area contributed by atoms with Gasteiger partial charge in [0.05, 0.1) is 5.69 Å². The molecule has 6 heteroatoms. The fourth-order valence-corrected chi connectivity index (χ4v) is 2.04. The molecule has 0 radical (unpaired) electrons. The molecule has 0 fully saturated rings. The van der Waals surface area contributed by atoms with Gasteiger partial charge in [0.2, 0.25) is 0 Å². The Morgan fingerprint density at radius 1 is 1.37 bits per heavy atom. The quantitative estimate of drug-likeness (QED) is 0.919. The van der Waals surface area contributed by atoms with Crippen LogP contribution in [0.25, 0.3) is 0 Å². The summed E-state index contributed by atoms with van der Waals surface area (Å²) in [6.45, 7) is 1.62. The Labute approximate surface area is 110 Å². The van der Waals surface area contributed by atoms with Crippen molar-refractivity contribution in [3.63, 3.8) is 0 Å². The highest BCUT2D eigenvalue weighted by molar-refractivity contribution is 5.30. The van der Waals surface area contributed by atoms with Crippen LogP contribution in [0.1, 0.15) is 22.9 Å². The molecule has 1 aromatic heterocycles. The van der Waals surface area contributed by atoms with E-state index in [0.717, 1.165) is 0 Å². The molecule has 1 N–H and O–H groups in total. The molecule has 19 heavy (non-hydrogen) atoms. The van der Waals surface area contributed by atoms with Crippen molar-refractivity contribution in [2.45, 2.75) is 19.4 Å². The highest BCUT2D eigenvalue weighted by Gasteiger charge is 2.21. The van der Waals surface area contributed by atoms with Crippen molar-refractivity contribution < 1.29 is 8.78 Å². The van der Waals surface area contributed by atoms with Crippen molar-refractivity contribution in [1.29, 1.82) is 0 Å². The Hall–Kier alpha value is -1.82. The lowest BCUT2D eigenvalue weighted by atomic mass is 9.99. The molecule has 0 aliphatic rings. The third kappa shape index (κ3) is 2.78. The number of aryl methyl sites for hydroxylation is 2. The van der Waals surface area contributed by atoms with Crippen LogP contribution in [0, 0.1) is 18.6 Å². The number of aromatic nitrogens is 3. The molecule has 0 saturated heterocycles. The lowest BCUT2D eigenvalue weighted by Crippen LogP contribution is -2.22. The molecule has 2 rings (SSSR count). The van der Waals surface area contributed by atoms with Gasteiger partial charge >= 0.3 is 0 Å². The molecule has 0 aliphatic heterocycles. The van der Waals surface area contributed by atoms with E-state index in [1.807, 2.05) is 0 Å². The number of halogens is 2. The Kier molecular flexibility index (Phi) is 3.90. The smallest absolute Gasteiger partial charge is 0.133 e. The number of hydrogen-bond acceptors (Lipinski definition) is 3. The van der Waals surface area contributed by atoms with Gasteiger partial charge in [-0.1, -0.05) is 11.3 Å². The molecule has 0 aliphatic carbocycles. The van der Waals surface area contributed by atoms with E-state index in [9.17, 15) is 8.78 Å². The summed E-state index contributed by atoms with van der Waals surface area (Å²) in [5.41, 5.74) is 1.16. The van der Waals surface area contributed by atoms with Gasteiger partial charge < -0.3 is 5.32 Å². The van der Waals surface area contributed by atoms with Gasteiger partial charge in [0.1, 0.15) is 11.6 Å². The van der Waals surface area contributed by atoms with E-state index in [-0.39, 0.29) is 5.56 Å². The van der Waals surface area contributed by atoms with Crippen molar-refractivity contribution in [2.24, 2.45) is 7.05 Å². The number of rotatable bonds is 4. The van der Waals surface area contributed by atoms with E-state index >= 15 is 0 Å². The predicted octanol–water partition coefficient (Wildman–Crippen LogP) is 1.90. The zero-order valence-corrected chi connectivity index (χ0v) is 11.1. The van der Waals surface area contributed by atoms with Crippen LogP contribution in [0.15, 0.2) is 18.3 Å². The third-order valence-corrected chi connectivity index (χ3v) is 3.08. The van der Waals surface area contributed by atoms with Gasteiger partial charge in [-0.2, -0.15) is 0 Å². The minimum atomic E-state index is -0.550. The maximum atomic E-state index is 14.1. The zero-order chi connectivity index (χ0) is 14.0. The number of nitrogens with zero attached hydrogens (tertiary/aromatic N) is 3. The molecule has 1 atom stereocenters. The molecular formula is C13H16F2N4. The largest absolute Gasteiger partial charge is 0.312 e. The lowest BCUT2D eigenvalue weighted by molar-refractivity contribution is 0.483. The van der Waals surface area contributed by atoms with Gasteiger partial charge in [0, 0.05) is 31.3 Å². The average Bonchev–Trinajstić information content (AvgIpc) is 2.78. The molecule has 1 heterocycles. The molecule has 0 amide bonds. The van der Waals surface area contributed by atoms with Crippen LogP contribution >= 0.6 is 0 Å². The molecule has 0 saturated carbocycles. The van der Waals surface area contributed by atoms with E-state index in [0.29, 0.717) is 17.7 Å². The first-order valence-corrected chi connectivity index (χ1v) is 6.00. The standard InChI is InChI=1S/C13H16F2N4/c1-8-4-5-10(14)12(13(8)15)11(16-2)6-9-7-19(3)18-17-9/h4-5,7,11,16H,6H2,1-3H3. The van der Waals surface area contributed by atoms with Gasteiger partial charge in [0.25, 0.3) is 0 Å². The summed E-state index contributed by atoms with van der Waals surface area (Å²) in [7, 11) is 3.42. The Morgan fingerprint density at radius 2 is 2.11 bits per heavy atom. The third-order valence-electron chi connectivity index (χ3n) is 3.08. The summed E-state index contributed by atoms with van der Waals surface area (Å²) < 4.78 is 29.5. The second-order valence-electron chi connectivity index (χ2n) is 4.52. The fraction of sp³-hybridized carbons (Fsp3) is 0.385. The molecule has 4 nitrogen and oxygen atoms in total. The van der Waals surface area contributed by atoms with Crippen LogP contribution in [0.2, 0.25) is 0 Å². The first-order valence-electron chi connectivity index (χ1n) is 6.00. The maximum Gasteiger partial charge on any atom is 0.133 e. The van der Waals surface area contributed by atoms with Gasteiger partial charge in [-0.3, -0.25) is 4.68 Å². The number of nitrogens with one attached hydrogen (secondary N) is 1. The van der Waals surface area contributed by atoms with Crippen LogP contribution in [-0.2, 0) is 13.5 Å². The fourth-order valence-electron chi connectivity index (χ4n) is 2.04. The second-order valence-corrected chi connectivity index (χ2v) is 4.52. The summed E-state index contributed by atoms with van der Waals surface area (Å²) >= 11 is 0. The molecular weight excluding hydrogens is 250 g/mol. The van der Waals surface area contributed by atoms with Gasteiger partial charge in [-0.05, 0) is 25.6 Å². The van der Waals surface area contributed by atoms with Crippen LogP contribution < -0.4 is 5.32 Å². The Bertz CT molecular complexity index is 580. The van der Waals surface area contributed by atoms with Crippen LogP contribution in [0.3, 0.4) is 0 Å². The highest BCUT2D eigenvalue weighted by Crippen LogP contribution is 2.25. The van der Waals surface area contributed by atoms with Crippen molar-refractivity contribution in [3.05, 3.63) is 46.8 Å². The Balaban J connectivity index is 2.34. The molecule has 0 spiro atoms. The van der Waals surface area contributed by atoms with Crippen molar-refractivity contribution in [2.75, 3.05) is 7.05 Å². The lowest BCUT2D eigenvalue weighted by Gasteiger charge is -2.17. The highest BCUT2D eigenvalue weighted by atomic mass is 19.1. The van der Waals surface area contributed by atoms with Crippen LogP contribution in [-0.4, -0.2) is 22.0 Å². The van der Waals surface area contributed by atoms with E-state index in [1.165, 1.54) is 12.1 Å². The average molecular weight is 266 g/mol. The summed E-state index contributed by atoms with van der Waals surface area (Å²) in [4.78, 5) is 0. The SMILES string of the molecule is CNC(Cc1cn(C)nn1)c1c(F)ccc(C)c1F. The monoisotopic (exact) mass is 266 g/mol. The second kappa shape index (κ2) is 5.44. The Morgan fingerprint density at radius 3 is 2.68 bits per heavy atom. The summed E-state index contributed by atoms with van der Waals surface area (Å²) in [5, 5.41) is 10.7. The van der Waals surface area contributed by atoms with E-state index in [4.69, 9.17) is 0 Å². The first kappa shape index (κ1) is 13.6. The zero-order valence-electron chi connectivity index (χ0n) is 11.1. The van der Waals surface area contributed by atoms with E-state index in [2.05, 4.69) is 15.6 Å². The topological polar surface area (TPSA) is 42.7 Å². The molecule has 1 aromatic carbocycles. The van der Waals surface area contributed by atoms with Crippen molar-refractivity contribution >= 4 is 0 Å². The van der Waals surface area contributed by atoms with E-state index in [1.54, 1.807) is 31.9 Å².